The molecule has 0 fully saturated rings. The number of ether oxygens (including phenoxy) is 3. The molecule has 4 aromatic rings. The molecular formula is C30H38ClN3O5Si. The topological polar surface area (TPSA) is 88.8 Å². The molecule has 1 amide bonds. The maximum absolute atomic E-state index is 14.2. The van der Waals surface area contributed by atoms with Crippen LogP contribution >= 0.6 is 11.6 Å². The van der Waals surface area contributed by atoms with Gasteiger partial charge in [0.05, 0.1) is 43.4 Å². The van der Waals surface area contributed by atoms with Crippen molar-refractivity contribution >= 4 is 53.3 Å². The van der Waals surface area contributed by atoms with Crippen molar-refractivity contribution in [1.82, 2.24) is 9.97 Å². The first-order valence-electron chi connectivity index (χ1n) is 13.4. The molecule has 2 aromatic carbocycles. The van der Waals surface area contributed by atoms with Crippen LogP contribution in [0.2, 0.25) is 18.1 Å². The van der Waals surface area contributed by atoms with Gasteiger partial charge in [0.25, 0.3) is 14.2 Å². The molecule has 0 saturated carbocycles. The Kier molecular flexibility index (Phi) is 7.03. The van der Waals surface area contributed by atoms with Crippen LogP contribution in [0, 0.1) is 6.92 Å². The summed E-state index contributed by atoms with van der Waals surface area (Å²) < 4.78 is 23.5. The van der Waals surface area contributed by atoms with E-state index in [0.29, 0.717) is 41.4 Å². The molecule has 5 rings (SSSR count). The van der Waals surface area contributed by atoms with Gasteiger partial charge in [-0.05, 0) is 55.2 Å². The van der Waals surface area contributed by atoms with E-state index in [9.17, 15) is 4.79 Å². The number of benzene rings is 2. The largest absolute Gasteiger partial charge is 0.542 e. The normalized spacial score (nSPS) is 15.8. The number of nitrogens with zero attached hydrogens (tertiary/aromatic N) is 1. The van der Waals surface area contributed by atoms with E-state index in [2.05, 4.69) is 49.9 Å². The third kappa shape index (κ3) is 4.59. The van der Waals surface area contributed by atoms with Crippen molar-refractivity contribution in [2.75, 3.05) is 32.8 Å². The van der Waals surface area contributed by atoms with Gasteiger partial charge in [0.2, 0.25) is 5.75 Å². The number of hydrogen-bond donors (Lipinski definition) is 2. The summed E-state index contributed by atoms with van der Waals surface area (Å²) >= 11 is 6.80. The Morgan fingerprint density at radius 1 is 0.975 bits per heavy atom. The zero-order valence-corrected chi connectivity index (χ0v) is 26.4. The number of H-pyrrole nitrogens is 2. The standard InChI is InChI=1S/C30H38ClN3O5Si/c1-16-10-20-19-13-18(31)15-34(22(19)14-23(26(20)32-16)39-40(8,9)30(2,3)4)29(35)21-11-17-12-24(36-5)27(37-6)28(38-7)25(17)33-21/h10-12,14,18,32-33H,13,15H2,1-9H3. The number of aromatic amines is 2. The van der Waals surface area contributed by atoms with Crippen molar-refractivity contribution in [3.63, 3.8) is 0 Å². The minimum Gasteiger partial charge on any atom is -0.542 e. The van der Waals surface area contributed by atoms with Crippen LogP contribution in [0.1, 0.15) is 42.5 Å². The number of methoxy groups -OCH3 is 3. The number of amides is 1. The van der Waals surface area contributed by atoms with Crippen LogP contribution in [0.15, 0.2) is 24.3 Å². The number of aromatic nitrogens is 2. The molecule has 0 radical (unpaired) electrons. The lowest BCUT2D eigenvalue weighted by Crippen LogP contribution is -2.44. The van der Waals surface area contributed by atoms with Gasteiger partial charge in [-0.2, -0.15) is 0 Å². The summed E-state index contributed by atoms with van der Waals surface area (Å²) in [5.41, 5.74) is 4.92. The summed E-state index contributed by atoms with van der Waals surface area (Å²) in [7, 11) is 2.52. The van der Waals surface area contributed by atoms with Crippen LogP contribution in [-0.4, -0.2) is 57.4 Å². The molecule has 3 heterocycles. The zero-order valence-electron chi connectivity index (χ0n) is 24.7. The molecule has 2 aromatic heterocycles. The number of carbonyl (C=O) groups is 1. The van der Waals surface area contributed by atoms with Crippen LogP contribution in [0.5, 0.6) is 23.0 Å². The van der Waals surface area contributed by atoms with Gasteiger partial charge in [-0.1, -0.05) is 20.8 Å². The average molecular weight is 584 g/mol. The number of nitrogens with one attached hydrogen (secondary N) is 2. The molecule has 1 aliphatic rings. The maximum Gasteiger partial charge on any atom is 0.274 e. The summed E-state index contributed by atoms with van der Waals surface area (Å²) in [6.45, 7) is 13.5. The number of anilines is 1. The van der Waals surface area contributed by atoms with E-state index >= 15 is 0 Å². The van der Waals surface area contributed by atoms with Gasteiger partial charge >= 0.3 is 0 Å². The van der Waals surface area contributed by atoms with Crippen molar-refractivity contribution in [1.29, 1.82) is 0 Å². The van der Waals surface area contributed by atoms with Crippen molar-refractivity contribution in [2.24, 2.45) is 0 Å². The van der Waals surface area contributed by atoms with Crippen molar-refractivity contribution in [3.05, 3.63) is 41.2 Å². The van der Waals surface area contributed by atoms with Crippen LogP contribution in [-0.2, 0) is 6.42 Å². The fraction of sp³-hybridized carbons (Fsp3) is 0.433. The van der Waals surface area contributed by atoms with Crippen LogP contribution in [0.4, 0.5) is 5.69 Å². The molecule has 0 saturated heterocycles. The third-order valence-electron chi connectivity index (χ3n) is 8.26. The molecule has 0 bridgehead atoms. The summed E-state index contributed by atoms with van der Waals surface area (Å²) in [5, 5.41) is 1.59. The molecule has 2 N–H and O–H groups in total. The van der Waals surface area contributed by atoms with Crippen molar-refractivity contribution < 1.29 is 23.4 Å². The summed E-state index contributed by atoms with van der Waals surface area (Å²) in [4.78, 5) is 22.7. The molecule has 0 aliphatic carbocycles. The van der Waals surface area contributed by atoms with Gasteiger partial charge in [-0.25, -0.2) is 0 Å². The summed E-state index contributed by atoms with van der Waals surface area (Å²) in [5.74, 6) is 2.03. The van der Waals surface area contributed by atoms with E-state index in [0.717, 1.165) is 39.0 Å². The molecule has 1 atom stereocenters. The predicted octanol–water partition coefficient (Wildman–Crippen LogP) is 7.18. The molecule has 214 valence electrons. The first-order chi connectivity index (χ1) is 18.8. The van der Waals surface area contributed by atoms with Crippen LogP contribution in [0.3, 0.4) is 0 Å². The first kappa shape index (κ1) is 28.2. The second-order valence-electron chi connectivity index (χ2n) is 12.0. The number of halogens is 1. The highest BCUT2D eigenvalue weighted by atomic mass is 35.5. The Morgan fingerprint density at radius 3 is 2.30 bits per heavy atom. The highest BCUT2D eigenvalue weighted by Gasteiger charge is 2.40. The number of aryl methyl sites for hydroxylation is 1. The molecule has 40 heavy (non-hydrogen) atoms. The van der Waals surface area contributed by atoms with E-state index in [-0.39, 0.29) is 16.3 Å². The number of alkyl halides is 1. The molecule has 8 nitrogen and oxygen atoms in total. The van der Waals surface area contributed by atoms with Gasteiger partial charge in [0, 0.05) is 29.1 Å². The maximum atomic E-state index is 14.2. The fourth-order valence-electron chi connectivity index (χ4n) is 5.19. The summed E-state index contributed by atoms with van der Waals surface area (Å²) in [6.07, 6.45) is 0.657. The van der Waals surface area contributed by atoms with Crippen molar-refractivity contribution in [3.8, 4) is 23.0 Å². The lowest BCUT2D eigenvalue weighted by molar-refractivity contribution is 0.0981. The quantitative estimate of drug-likeness (QED) is 0.185. The lowest BCUT2D eigenvalue weighted by atomic mass is 9.96. The molecule has 1 unspecified atom stereocenters. The van der Waals surface area contributed by atoms with E-state index in [1.54, 1.807) is 26.2 Å². The number of rotatable bonds is 6. The zero-order chi connectivity index (χ0) is 29.1. The highest BCUT2D eigenvalue weighted by Crippen LogP contribution is 2.46. The second kappa shape index (κ2) is 9.96. The Hall–Kier alpha value is -3.30. The van der Waals surface area contributed by atoms with Gasteiger partial charge < -0.3 is 33.5 Å². The molecule has 10 heteroatoms. The monoisotopic (exact) mass is 583 g/mol. The first-order valence-corrected chi connectivity index (χ1v) is 16.8. The van der Waals surface area contributed by atoms with E-state index < -0.39 is 8.32 Å². The van der Waals surface area contributed by atoms with E-state index in [4.69, 9.17) is 30.2 Å². The van der Waals surface area contributed by atoms with Crippen molar-refractivity contribution in [2.45, 2.75) is 57.6 Å². The van der Waals surface area contributed by atoms with E-state index in [1.807, 2.05) is 25.1 Å². The predicted molar refractivity (Wildman–Crippen MR) is 164 cm³/mol. The number of carbonyl (C=O) groups excluding carboxylic acids is 1. The van der Waals surface area contributed by atoms with E-state index in [1.165, 1.54) is 0 Å². The lowest BCUT2D eigenvalue weighted by Gasteiger charge is -2.38. The van der Waals surface area contributed by atoms with Crippen LogP contribution < -0.4 is 23.5 Å². The van der Waals surface area contributed by atoms with Gasteiger partial charge in [0.15, 0.2) is 11.5 Å². The van der Waals surface area contributed by atoms with Crippen LogP contribution in [0.25, 0.3) is 21.8 Å². The average Bonchev–Trinajstić information content (AvgIpc) is 3.49. The highest BCUT2D eigenvalue weighted by molar-refractivity contribution is 6.74. The molecular weight excluding hydrogens is 546 g/mol. The smallest absolute Gasteiger partial charge is 0.274 e. The minimum absolute atomic E-state index is 0.0130. The third-order valence-corrected chi connectivity index (χ3v) is 12.9. The van der Waals surface area contributed by atoms with Gasteiger partial charge in [0.1, 0.15) is 11.4 Å². The second-order valence-corrected chi connectivity index (χ2v) is 17.3. The Balaban J connectivity index is 1.66. The molecule has 1 aliphatic heterocycles. The Morgan fingerprint density at radius 2 is 1.68 bits per heavy atom. The Bertz CT molecular complexity index is 1620. The Labute approximate surface area is 241 Å². The number of hydrogen-bond acceptors (Lipinski definition) is 5. The number of fused-ring (bicyclic) bond motifs is 4. The summed E-state index contributed by atoms with van der Waals surface area (Å²) in [6, 6.07) is 7.78. The fourth-order valence-corrected chi connectivity index (χ4v) is 6.50. The van der Waals surface area contributed by atoms with Gasteiger partial charge in [-0.3, -0.25) is 4.79 Å². The minimum atomic E-state index is -2.17. The van der Waals surface area contributed by atoms with Gasteiger partial charge in [-0.15, -0.1) is 11.6 Å². The molecule has 0 spiro atoms. The SMILES string of the molecule is COc1cc2cc(C(=O)N3CC(Cl)Cc4c3cc(O[Si](C)(C)C(C)(C)C)c3[nH]c(C)cc43)[nH]c2c(OC)c1OC.